The molecule has 0 spiro atoms. The first-order chi connectivity index (χ1) is 9.38. The average molecular weight is 254 g/mol. The van der Waals surface area contributed by atoms with Crippen molar-refractivity contribution in [3.8, 4) is 5.75 Å². The van der Waals surface area contributed by atoms with E-state index in [2.05, 4.69) is 17.5 Å². The van der Waals surface area contributed by atoms with Gasteiger partial charge < -0.3 is 4.74 Å². The van der Waals surface area contributed by atoms with E-state index in [-0.39, 0.29) is 0 Å². The van der Waals surface area contributed by atoms with E-state index in [1.807, 2.05) is 54.6 Å². The topological polar surface area (TPSA) is 33.6 Å². The highest BCUT2D eigenvalue weighted by Crippen LogP contribution is 2.11. The lowest BCUT2D eigenvalue weighted by Crippen LogP contribution is -1.95. The molecular weight excluding hydrogens is 236 g/mol. The Kier molecular flexibility index (Phi) is 4.99. The van der Waals surface area contributed by atoms with E-state index in [0.29, 0.717) is 0 Å². The van der Waals surface area contributed by atoms with Gasteiger partial charge in [-0.2, -0.15) is 5.10 Å². The fourth-order valence-electron chi connectivity index (χ4n) is 1.56. The molecule has 0 saturated heterocycles. The lowest BCUT2D eigenvalue weighted by molar-refractivity contribution is 0.317. The number of anilines is 1. The third-order valence-electron chi connectivity index (χ3n) is 2.53. The van der Waals surface area contributed by atoms with Crippen LogP contribution in [0, 0.1) is 0 Å². The molecule has 0 saturated carbocycles. The zero-order valence-electron chi connectivity index (χ0n) is 11.0. The van der Waals surface area contributed by atoms with Gasteiger partial charge in [0.2, 0.25) is 0 Å². The summed E-state index contributed by atoms with van der Waals surface area (Å²) in [6.07, 6.45) is 2.81. The van der Waals surface area contributed by atoms with E-state index in [1.165, 1.54) is 0 Å². The summed E-state index contributed by atoms with van der Waals surface area (Å²) in [5, 5.41) is 4.19. The number of ether oxygens (including phenoxy) is 1. The Morgan fingerprint density at radius 2 is 1.79 bits per heavy atom. The highest BCUT2D eigenvalue weighted by Gasteiger charge is 1.93. The second kappa shape index (κ2) is 7.21. The second-order valence-electron chi connectivity index (χ2n) is 4.15. The Balaban J connectivity index is 1.88. The maximum Gasteiger partial charge on any atom is 0.119 e. The molecule has 0 aromatic heterocycles. The van der Waals surface area contributed by atoms with Gasteiger partial charge in [0, 0.05) is 0 Å². The Morgan fingerprint density at radius 1 is 1.05 bits per heavy atom. The summed E-state index contributed by atoms with van der Waals surface area (Å²) < 4.78 is 5.52. The highest BCUT2D eigenvalue weighted by molar-refractivity contribution is 5.80. The third-order valence-corrected chi connectivity index (χ3v) is 2.53. The monoisotopic (exact) mass is 254 g/mol. The van der Waals surface area contributed by atoms with Gasteiger partial charge >= 0.3 is 0 Å². The lowest BCUT2D eigenvalue weighted by atomic mass is 10.2. The van der Waals surface area contributed by atoms with Crippen molar-refractivity contribution in [2.45, 2.75) is 13.3 Å². The van der Waals surface area contributed by atoms with Gasteiger partial charge in [-0.25, -0.2) is 0 Å². The summed E-state index contributed by atoms with van der Waals surface area (Å²) in [6, 6.07) is 17.7. The van der Waals surface area contributed by atoms with Crippen molar-refractivity contribution in [2.24, 2.45) is 5.10 Å². The zero-order valence-corrected chi connectivity index (χ0v) is 11.0. The molecule has 98 valence electrons. The van der Waals surface area contributed by atoms with Crippen LogP contribution in [0.15, 0.2) is 59.7 Å². The van der Waals surface area contributed by atoms with Crippen LogP contribution in [0.5, 0.6) is 5.75 Å². The molecule has 19 heavy (non-hydrogen) atoms. The predicted molar refractivity (Wildman–Crippen MR) is 79.9 cm³/mol. The van der Waals surface area contributed by atoms with Crippen LogP contribution in [0.4, 0.5) is 5.69 Å². The molecular formula is C16H18N2O. The quantitative estimate of drug-likeness (QED) is 0.626. The molecule has 0 atom stereocenters. The number of nitrogens with zero attached hydrogens (tertiary/aromatic N) is 1. The van der Waals surface area contributed by atoms with Gasteiger partial charge in [-0.15, -0.1) is 0 Å². The maximum atomic E-state index is 5.52. The standard InChI is InChI=1S/C16H18N2O/c1-2-12-19-16-10-8-14(9-11-16)13-17-18-15-6-4-3-5-7-15/h3-11,13,18H,2,12H2,1H3. The largest absolute Gasteiger partial charge is 0.494 e. The van der Waals surface area contributed by atoms with E-state index in [0.717, 1.165) is 30.0 Å². The number of hydrogen-bond acceptors (Lipinski definition) is 3. The molecule has 2 aromatic rings. The Labute approximate surface area is 113 Å². The van der Waals surface area contributed by atoms with Crippen LogP contribution in [0.1, 0.15) is 18.9 Å². The van der Waals surface area contributed by atoms with Crippen molar-refractivity contribution in [3.05, 3.63) is 60.2 Å². The minimum atomic E-state index is 0.753. The number of nitrogens with one attached hydrogen (secondary N) is 1. The Bertz CT molecular complexity index is 506. The molecule has 0 amide bonds. The van der Waals surface area contributed by atoms with Crippen LogP contribution in [0.2, 0.25) is 0 Å². The maximum absolute atomic E-state index is 5.52. The summed E-state index contributed by atoms with van der Waals surface area (Å²) in [5.41, 5.74) is 4.99. The van der Waals surface area contributed by atoms with Crippen LogP contribution in [-0.2, 0) is 0 Å². The molecule has 3 heteroatoms. The van der Waals surface area contributed by atoms with E-state index in [9.17, 15) is 0 Å². The Hall–Kier alpha value is -2.29. The SMILES string of the molecule is CCCOc1ccc(C=NNc2ccccc2)cc1. The summed E-state index contributed by atoms with van der Waals surface area (Å²) in [4.78, 5) is 0. The number of para-hydroxylation sites is 1. The fourth-order valence-corrected chi connectivity index (χ4v) is 1.56. The minimum Gasteiger partial charge on any atom is -0.494 e. The van der Waals surface area contributed by atoms with Crippen LogP contribution in [-0.4, -0.2) is 12.8 Å². The molecule has 0 unspecified atom stereocenters. The van der Waals surface area contributed by atoms with Crippen molar-refractivity contribution in [1.29, 1.82) is 0 Å². The van der Waals surface area contributed by atoms with Crippen molar-refractivity contribution in [1.82, 2.24) is 0 Å². The van der Waals surface area contributed by atoms with Crippen molar-refractivity contribution < 1.29 is 4.74 Å². The molecule has 0 aliphatic rings. The van der Waals surface area contributed by atoms with Gasteiger partial charge in [-0.05, 0) is 48.4 Å². The van der Waals surface area contributed by atoms with Crippen LogP contribution in [0.3, 0.4) is 0 Å². The molecule has 2 rings (SSSR count). The minimum absolute atomic E-state index is 0.753. The third kappa shape index (κ3) is 4.47. The number of benzene rings is 2. The van der Waals surface area contributed by atoms with Gasteiger partial charge in [0.15, 0.2) is 0 Å². The van der Waals surface area contributed by atoms with Gasteiger partial charge in [-0.1, -0.05) is 25.1 Å². The molecule has 1 N–H and O–H groups in total. The average Bonchev–Trinajstić information content (AvgIpc) is 2.47. The normalized spacial score (nSPS) is 10.6. The molecule has 0 aliphatic carbocycles. The van der Waals surface area contributed by atoms with E-state index >= 15 is 0 Å². The van der Waals surface area contributed by atoms with Gasteiger partial charge in [-0.3, -0.25) is 5.43 Å². The fraction of sp³-hybridized carbons (Fsp3) is 0.188. The van der Waals surface area contributed by atoms with E-state index in [1.54, 1.807) is 6.21 Å². The lowest BCUT2D eigenvalue weighted by Gasteiger charge is -2.04. The molecule has 0 radical (unpaired) electrons. The number of rotatable bonds is 6. The Morgan fingerprint density at radius 3 is 2.47 bits per heavy atom. The highest BCUT2D eigenvalue weighted by atomic mass is 16.5. The molecule has 3 nitrogen and oxygen atoms in total. The van der Waals surface area contributed by atoms with E-state index in [4.69, 9.17) is 4.74 Å². The molecule has 2 aromatic carbocycles. The van der Waals surface area contributed by atoms with Crippen LogP contribution < -0.4 is 10.2 Å². The molecule has 0 bridgehead atoms. The summed E-state index contributed by atoms with van der Waals surface area (Å²) in [7, 11) is 0. The second-order valence-corrected chi connectivity index (χ2v) is 4.15. The smallest absolute Gasteiger partial charge is 0.119 e. The first kappa shape index (κ1) is 13.1. The number of hydrazone groups is 1. The van der Waals surface area contributed by atoms with Crippen molar-refractivity contribution in [2.75, 3.05) is 12.0 Å². The van der Waals surface area contributed by atoms with Gasteiger partial charge in [0.1, 0.15) is 5.75 Å². The van der Waals surface area contributed by atoms with E-state index < -0.39 is 0 Å². The van der Waals surface area contributed by atoms with Gasteiger partial charge in [0.25, 0.3) is 0 Å². The first-order valence-corrected chi connectivity index (χ1v) is 6.45. The van der Waals surface area contributed by atoms with Crippen LogP contribution in [0.25, 0.3) is 0 Å². The molecule has 0 fully saturated rings. The first-order valence-electron chi connectivity index (χ1n) is 6.45. The summed E-state index contributed by atoms with van der Waals surface area (Å²) in [6.45, 7) is 2.85. The zero-order chi connectivity index (χ0) is 13.3. The molecule has 0 aliphatic heterocycles. The molecule has 0 heterocycles. The summed E-state index contributed by atoms with van der Waals surface area (Å²) >= 11 is 0. The summed E-state index contributed by atoms with van der Waals surface area (Å²) in [5.74, 6) is 0.898. The van der Waals surface area contributed by atoms with Crippen molar-refractivity contribution in [3.63, 3.8) is 0 Å². The van der Waals surface area contributed by atoms with Crippen LogP contribution >= 0.6 is 0 Å². The predicted octanol–water partition coefficient (Wildman–Crippen LogP) is 3.92. The van der Waals surface area contributed by atoms with Gasteiger partial charge in [0.05, 0.1) is 18.5 Å². The van der Waals surface area contributed by atoms with Crippen molar-refractivity contribution >= 4 is 11.9 Å². The number of hydrogen-bond donors (Lipinski definition) is 1.